The van der Waals surface area contributed by atoms with Crippen LogP contribution in [0.15, 0.2) is 21.9 Å². The Morgan fingerprint density at radius 3 is 2.71 bits per heavy atom. The zero-order valence-electron chi connectivity index (χ0n) is 8.97. The molecule has 0 bridgehead atoms. The summed E-state index contributed by atoms with van der Waals surface area (Å²) in [5, 5.41) is 10.7. The molecular weight excluding hydrogens is 230 g/mol. The molecule has 8 nitrogen and oxygen atoms in total. The Morgan fingerprint density at radius 1 is 1.53 bits per heavy atom. The molecule has 0 spiro atoms. The Labute approximate surface area is 94.9 Å². The van der Waals surface area contributed by atoms with Crippen molar-refractivity contribution in [1.29, 1.82) is 0 Å². The number of rotatable bonds is 4. The molecule has 1 unspecified atom stereocenters. The third kappa shape index (κ3) is 3.59. The highest BCUT2D eigenvalue weighted by Crippen LogP contribution is 1.83. The van der Waals surface area contributed by atoms with Gasteiger partial charge in [0.1, 0.15) is 12.6 Å². The molecule has 1 aromatic heterocycles. The Balaban J connectivity index is 2.72. The second kappa shape index (κ2) is 5.10. The number of nitrogens with one attached hydrogen (secondary N) is 2. The highest BCUT2D eigenvalue weighted by Gasteiger charge is 2.14. The fourth-order valence-corrected chi connectivity index (χ4v) is 1.07. The summed E-state index contributed by atoms with van der Waals surface area (Å²) in [7, 11) is 0. The molecule has 0 aromatic carbocycles. The van der Waals surface area contributed by atoms with Crippen molar-refractivity contribution in [3.8, 4) is 0 Å². The van der Waals surface area contributed by atoms with Gasteiger partial charge in [-0.3, -0.25) is 23.9 Å². The molecule has 8 heteroatoms. The largest absolute Gasteiger partial charge is 0.480 e. The number of nitrogens with zero attached hydrogens (tertiary/aromatic N) is 1. The molecule has 1 amide bonds. The van der Waals surface area contributed by atoms with Crippen LogP contribution in [0.4, 0.5) is 0 Å². The SMILES string of the molecule is CC(NC(=O)Cn1ccc(=O)[nH]c1=O)C(=O)O. The first kappa shape index (κ1) is 12.7. The van der Waals surface area contributed by atoms with Crippen molar-refractivity contribution in [2.24, 2.45) is 0 Å². The first-order valence-corrected chi connectivity index (χ1v) is 4.72. The number of aliphatic carboxylic acids is 1. The van der Waals surface area contributed by atoms with Gasteiger partial charge in [0, 0.05) is 12.3 Å². The zero-order valence-corrected chi connectivity index (χ0v) is 8.97. The minimum absolute atomic E-state index is 0.354. The number of hydrogen-bond donors (Lipinski definition) is 3. The van der Waals surface area contributed by atoms with E-state index >= 15 is 0 Å². The van der Waals surface area contributed by atoms with Gasteiger partial charge in [-0.25, -0.2) is 4.79 Å². The van der Waals surface area contributed by atoms with Crippen molar-refractivity contribution in [2.75, 3.05) is 0 Å². The van der Waals surface area contributed by atoms with Crippen LogP contribution in [0.5, 0.6) is 0 Å². The molecule has 3 N–H and O–H groups in total. The predicted octanol–water partition coefficient (Wildman–Crippen LogP) is -1.87. The van der Waals surface area contributed by atoms with Crippen LogP contribution in [-0.4, -0.2) is 32.6 Å². The van der Waals surface area contributed by atoms with Crippen molar-refractivity contribution < 1.29 is 14.7 Å². The molecule has 0 aliphatic carbocycles. The van der Waals surface area contributed by atoms with Gasteiger partial charge in [0.05, 0.1) is 0 Å². The van der Waals surface area contributed by atoms with E-state index in [-0.39, 0.29) is 6.54 Å². The van der Waals surface area contributed by atoms with Gasteiger partial charge >= 0.3 is 11.7 Å². The number of hydrogen-bond acceptors (Lipinski definition) is 4. The van der Waals surface area contributed by atoms with Crippen LogP contribution in [-0.2, 0) is 16.1 Å². The third-order valence-corrected chi connectivity index (χ3v) is 1.96. The van der Waals surface area contributed by atoms with Gasteiger partial charge in [-0.05, 0) is 6.92 Å². The Bertz CT molecular complexity index is 544. The van der Waals surface area contributed by atoms with Crippen molar-refractivity contribution in [3.63, 3.8) is 0 Å². The molecule has 17 heavy (non-hydrogen) atoms. The number of amides is 1. The van der Waals surface area contributed by atoms with Crippen LogP contribution < -0.4 is 16.6 Å². The normalized spacial score (nSPS) is 11.8. The second-order valence-electron chi connectivity index (χ2n) is 3.37. The Morgan fingerprint density at radius 2 is 2.18 bits per heavy atom. The Kier molecular flexibility index (Phi) is 3.81. The van der Waals surface area contributed by atoms with Gasteiger partial charge in [-0.15, -0.1) is 0 Å². The number of aromatic amines is 1. The number of carboxylic acids is 1. The van der Waals surface area contributed by atoms with E-state index in [1.54, 1.807) is 0 Å². The fourth-order valence-electron chi connectivity index (χ4n) is 1.07. The van der Waals surface area contributed by atoms with Crippen LogP contribution in [0.1, 0.15) is 6.92 Å². The van der Waals surface area contributed by atoms with E-state index in [1.807, 2.05) is 4.98 Å². The maximum absolute atomic E-state index is 11.3. The smallest absolute Gasteiger partial charge is 0.328 e. The summed E-state index contributed by atoms with van der Waals surface area (Å²) in [5.41, 5.74) is -1.29. The van der Waals surface area contributed by atoms with Crippen LogP contribution in [0.2, 0.25) is 0 Å². The molecule has 0 aliphatic heterocycles. The van der Waals surface area contributed by atoms with Crippen LogP contribution in [0, 0.1) is 0 Å². The number of carbonyl (C=O) groups excluding carboxylic acids is 1. The average molecular weight is 241 g/mol. The van der Waals surface area contributed by atoms with E-state index in [0.29, 0.717) is 0 Å². The summed E-state index contributed by atoms with van der Waals surface area (Å²) in [5.74, 6) is -1.80. The minimum Gasteiger partial charge on any atom is -0.480 e. The highest BCUT2D eigenvalue weighted by atomic mass is 16.4. The molecule has 0 aliphatic rings. The monoisotopic (exact) mass is 241 g/mol. The molecule has 0 saturated carbocycles. The lowest BCUT2D eigenvalue weighted by molar-refractivity contribution is -0.141. The molecular formula is C9H11N3O5. The average Bonchev–Trinajstić information content (AvgIpc) is 2.22. The number of carbonyl (C=O) groups is 2. The summed E-state index contributed by atoms with van der Waals surface area (Å²) in [4.78, 5) is 45.7. The van der Waals surface area contributed by atoms with E-state index < -0.39 is 29.2 Å². The molecule has 1 rings (SSSR count). The lowest BCUT2D eigenvalue weighted by Crippen LogP contribution is -2.42. The van der Waals surface area contributed by atoms with Crippen molar-refractivity contribution in [2.45, 2.75) is 19.5 Å². The Hall–Kier alpha value is -2.38. The van der Waals surface area contributed by atoms with Gasteiger partial charge in [0.15, 0.2) is 0 Å². The summed E-state index contributed by atoms with van der Waals surface area (Å²) in [6.07, 6.45) is 1.16. The number of H-pyrrole nitrogens is 1. The minimum atomic E-state index is -1.17. The first-order valence-electron chi connectivity index (χ1n) is 4.72. The zero-order chi connectivity index (χ0) is 13.0. The summed E-state index contributed by atoms with van der Waals surface area (Å²) >= 11 is 0. The quantitative estimate of drug-likeness (QED) is 0.570. The van der Waals surface area contributed by atoms with Gasteiger partial charge < -0.3 is 10.4 Å². The lowest BCUT2D eigenvalue weighted by atomic mass is 10.3. The summed E-state index contributed by atoms with van der Waals surface area (Å²) < 4.78 is 0.964. The van der Waals surface area contributed by atoms with Crippen LogP contribution in [0.25, 0.3) is 0 Å². The van der Waals surface area contributed by atoms with E-state index in [9.17, 15) is 19.2 Å². The second-order valence-corrected chi connectivity index (χ2v) is 3.37. The maximum atomic E-state index is 11.3. The predicted molar refractivity (Wildman–Crippen MR) is 56.6 cm³/mol. The summed E-state index contributed by atoms with van der Waals surface area (Å²) in [6.45, 7) is 0.948. The fraction of sp³-hybridized carbons (Fsp3) is 0.333. The first-order chi connectivity index (χ1) is 7.90. The van der Waals surface area contributed by atoms with E-state index in [0.717, 1.165) is 16.8 Å². The highest BCUT2D eigenvalue weighted by molar-refractivity contribution is 5.82. The molecule has 1 atom stereocenters. The van der Waals surface area contributed by atoms with E-state index in [4.69, 9.17) is 5.11 Å². The van der Waals surface area contributed by atoms with Gasteiger partial charge in [0.2, 0.25) is 5.91 Å². The molecule has 92 valence electrons. The standard InChI is InChI=1S/C9H11N3O5/c1-5(8(15)16)10-7(14)4-12-3-2-6(13)11-9(12)17/h2-3,5H,4H2,1H3,(H,10,14)(H,15,16)(H,11,13,17). The van der Waals surface area contributed by atoms with Crippen LogP contribution >= 0.6 is 0 Å². The van der Waals surface area contributed by atoms with Gasteiger partial charge in [0.25, 0.3) is 5.56 Å². The van der Waals surface area contributed by atoms with Crippen molar-refractivity contribution >= 4 is 11.9 Å². The van der Waals surface area contributed by atoms with Gasteiger partial charge in [-0.2, -0.15) is 0 Å². The van der Waals surface area contributed by atoms with Crippen LogP contribution in [0.3, 0.4) is 0 Å². The molecule has 0 fully saturated rings. The van der Waals surface area contributed by atoms with Crippen molar-refractivity contribution in [1.82, 2.24) is 14.9 Å². The number of carboxylic acid groups (broad SMARTS) is 1. The molecule has 1 aromatic rings. The third-order valence-electron chi connectivity index (χ3n) is 1.96. The lowest BCUT2D eigenvalue weighted by Gasteiger charge is -2.09. The summed E-state index contributed by atoms with van der Waals surface area (Å²) in [6, 6.07) is 0.0518. The molecule has 0 radical (unpaired) electrons. The number of aromatic nitrogens is 2. The van der Waals surface area contributed by atoms with E-state index in [1.165, 1.54) is 6.92 Å². The molecule has 1 heterocycles. The molecule has 0 saturated heterocycles. The topological polar surface area (TPSA) is 121 Å². The van der Waals surface area contributed by atoms with E-state index in [2.05, 4.69) is 5.32 Å². The van der Waals surface area contributed by atoms with Gasteiger partial charge in [-0.1, -0.05) is 0 Å². The maximum Gasteiger partial charge on any atom is 0.328 e. The van der Waals surface area contributed by atoms with Crippen molar-refractivity contribution in [3.05, 3.63) is 33.1 Å².